The third kappa shape index (κ3) is 4.11. The van der Waals surface area contributed by atoms with Crippen molar-refractivity contribution in [2.24, 2.45) is 0 Å². The molecule has 118 valence electrons. The van der Waals surface area contributed by atoms with Gasteiger partial charge in [-0.05, 0) is 63.6 Å². The van der Waals surface area contributed by atoms with Crippen molar-refractivity contribution in [3.63, 3.8) is 0 Å². The van der Waals surface area contributed by atoms with Gasteiger partial charge in [0.15, 0.2) is 0 Å². The highest BCUT2D eigenvalue weighted by Gasteiger charge is 2.24. The average Bonchev–Trinajstić information content (AvgIpc) is 2.41. The lowest BCUT2D eigenvalue weighted by Crippen LogP contribution is -2.26. The number of hydrogen-bond donors (Lipinski definition) is 4. The minimum Gasteiger partial charge on any atom is -0.507 e. The van der Waals surface area contributed by atoms with E-state index in [2.05, 4.69) is 0 Å². The number of carbonyl (C=O) groups is 1. The molecule has 0 radical (unpaired) electrons. The van der Waals surface area contributed by atoms with E-state index in [1.54, 1.807) is 27.7 Å². The SMILES string of the molecule is Cc1c(C)c(O)c(CCC(C)(O)CCC(=O)O)c(C)c1O. The normalized spacial score (nSPS) is 14.0. The summed E-state index contributed by atoms with van der Waals surface area (Å²) < 4.78 is 0. The van der Waals surface area contributed by atoms with Crippen LogP contribution in [0.1, 0.15) is 48.4 Å². The molecule has 21 heavy (non-hydrogen) atoms. The Bertz CT molecular complexity index is 517. The zero-order valence-electron chi connectivity index (χ0n) is 13.0. The Labute approximate surface area is 124 Å². The number of phenolic OH excluding ortho intramolecular Hbond substituents is 2. The van der Waals surface area contributed by atoms with Crippen LogP contribution in [0.5, 0.6) is 11.5 Å². The number of phenols is 2. The highest BCUT2D eigenvalue weighted by molar-refractivity contribution is 5.66. The molecule has 0 heterocycles. The van der Waals surface area contributed by atoms with E-state index in [0.717, 1.165) is 0 Å². The predicted molar refractivity (Wildman–Crippen MR) is 79.8 cm³/mol. The van der Waals surface area contributed by atoms with E-state index in [-0.39, 0.29) is 24.3 Å². The number of hydrogen-bond acceptors (Lipinski definition) is 4. The zero-order valence-corrected chi connectivity index (χ0v) is 13.0. The third-order valence-electron chi connectivity index (χ3n) is 4.16. The highest BCUT2D eigenvalue weighted by atomic mass is 16.4. The van der Waals surface area contributed by atoms with Crippen molar-refractivity contribution in [3.05, 3.63) is 22.3 Å². The minimum absolute atomic E-state index is 0.101. The third-order valence-corrected chi connectivity index (χ3v) is 4.16. The minimum atomic E-state index is -1.12. The van der Waals surface area contributed by atoms with E-state index in [1.165, 1.54) is 0 Å². The van der Waals surface area contributed by atoms with Crippen molar-refractivity contribution < 1.29 is 25.2 Å². The van der Waals surface area contributed by atoms with Crippen LogP contribution in [0.2, 0.25) is 0 Å². The van der Waals surface area contributed by atoms with Crippen LogP contribution < -0.4 is 0 Å². The summed E-state index contributed by atoms with van der Waals surface area (Å²) >= 11 is 0. The Morgan fingerprint density at radius 2 is 1.52 bits per heavy atom. The van der Waals surface area contributed by atoms with Gasteiger partial charge >= 0.3 is 5.97 Å². The van der Waals surface area contributed by atoms with Crippen LogP contribution in [0.4, 0.5) is 0 Å². The van der Waals surface area contributed by atoms with E-state index in [9.17, 15) is 20.1 Å². The molecule has 0 bridgehead atoms. The predicted octanol–water partition coefficient (Wildman–Crippen LogP) is 2.57. The van der Waals surface area contributed by atoms with Gasteiger partial charge in [-0.15, -0.1) is 0 Å². The van der Waals surface area contributed by atoms with Crippen LogP contribution in [0.3, 0.4) is 0 Å². The molecule has 0 aliphatic rings. The maximum absolute atomic E-state index is 10.6. The molecule has 0 spiro atoms. The van der Waals surface area contributed by atoms with Crippen LogP contribution in [-0.2, 0) is 11.2 Å². The van der Waals surface area contributed by atoms with Gasteiger partial charge in [0.1, 0.15) is 11.5 Å². The Hall–Kier alpha value is -1.75. The summed E-state index contributed by atoms with van der Waals surface area (Å²) in [6, 6.07) is 0. The van der Waals surface area contributed by atoms with Gasteiger partial charge in [-0.1, -0.05) is 0 Å². The maximum atomic E-state index is 10.6. The fraction of sp³-hybridized carbons (Fsp3) is 0.562. The lowest BCUT2D eigenvalue weighted by atomic mass is 9.88. The van der Waals surface area contributed by atoms with Crippen LogP contribution >= 0.6 is 0 Å². The van der Waals surface area contributed by atoms with E-state index in [4.69, 9.17) is 5.11 Å². The van der Waals surface area contributed by atoms with E-state index in [1.807, 2.05) is 0 Å². The molecule has 0 amide bonds. The van der Waals surface area contributed by atoms with Crippen LogP contribution in [0.15, 0.2) is 0 Å². The first-order valence-electron chi connectivity index (χ1n) is 7.01. The first-order valence-corrected chi connectivity index (χ1v) is 7.01. The van der Waals surface area contributed by atoms with E-state index < -0.39 is 11.6 Å². The molecule has 1 aromatic carbocycles. The lowest BCUT2D eigenvalue weighted by Gasteiger charge is -2.24. The molecule has 0 saturated heterocycles. The van der Waals surface area contributed by atoms with Gasteiger partial charge in [0.05, 0.1) is 5.60 Å². The van der Waals surface area contributed by atoms with Crippen molar-refractivity contribution in [2.45, 2.75) is 59.0 Å². The first-order chi connectivity index (χ1) is 9.57. The molecule has 0 saturated carbocycles. The second-order valence-corrected chi connectivity index (χ2v) is 5.94. The van der Waals surface area contributed by atoms with Crippen molar-refractivity contribution in [3.8, 4) is 11.5 Å². The molecule has 4 N–H and O–H groups in total. The van der Waals surface area contributed by atoms with Gasteiger partial charge < -0.3 is 20.4 Å². The highest BCUT2D eigenvalue weighted by Crippen LogP contribution is 2.37. The van der Waals surface area contributed by atoms with E-state index in [0.29, 0.717) is 35.1 Å². The fourth-order valence-corrected chi connectivity index (χ4v) is 2.38. The summed E-state index contributed by atoms with van der Waals surface area (Å²) in [5.74, 6) is -0.652. The van der Waals surface area contributed by atoms with Gasteiger partial charge in [-0.2, -0.15) is 0 Å². The van der Waals surface area contributed by atoms with Crippen molar-refractivity contribution in [1.82, 2.24) is 0 Å². The molecule has 1 atom stereocenters. The Morgan fingerprint density at radius 3 is 2.05 bits per heavy atom. The molecular formula is C16H24O5. The van der Waals surface area contributed by atoms with Crippen LogP contribution in [0, 0.1) is 20.8 Å². The molecule has 0 fully saturated rings. The largest absolute Gasteiger partial charge is 0.507 e. The van der Waals surface area contributed by atoms with Crippen molar-refractivity contribution >= 4 is 5.97 Å². The monoisotopic (exact) mass is 296 g/mol. The number of aliphatic hydroxyl groups is 1. The topological polar surface area (TPSA) is 98.0 Å². The quantitative estimate of drug-likeness (QED) is 0.605. The van der Waals surface area contributed by atoms with Gasteiger partial charge in [0.2, 0.25) is 0 Å². The number of rotatable bonds is 6. The Morgan fingerprint density at radius 1 is 1.00 bits per heavy atom. The standard InChI is InChI=1S/C16H24O5/c1-9-10(2)15(20)12(11(3)14(9)19)5-7-16(4,21)8-6-13(17)18/h19-21H,5-8H2,1-4H3,(H,17,18). The molecule has 5 heteroatoms. The van der Waals surface area contributed by atoms with Gasteiger partial charge in [-0.25, -0.2) is 0 Å². The summed E-state index contributed by atoms with van der Waals surface area (Å²) in [6.07, 6.45) is 0.741. The van der Waals surface area contributed by atoms with Crippen molar-refractivity contribution in [2.75, 3.05) is 0 Å². The van der Waals surface area contributed by atoms with Crippen LogP contribution in [-0.4, -0.2) is 32.0 Å². The molecule has 0 aromatic heterocycles. The number of aromatic hydroxyl groups is 2. The molecule has 0 aliphatic heterocycles. The molecule has 5 nitrogen and oxygen atoms in total. The fourth-order valence-electron chi connectivity index (χ4n) is 2.38. The summed E-state index contributed by atoms with van der Waals surface area (Å²) in [6.45, 7) is 6.78. The summed E-state index contributed by atoms with van der Waals surface area (Å²) in [7, 11) is 0. The van der Waals surface area contributed by atoms with Crippen LogP contribution in [0.25, 0.3) is 0 Å². The first kappa shape index (κ1) is 17.3. The average molecular weight is 296 g/mol. The second kappa shape index (κ2) is 6.35. The number of aliphatic carboxylic acids is 1. The van der Waals surface area contributed by atoms with Gasteiger partial charge in [0, 0.05) is 12.0 Å². The maximum Gasteiger partial charge on any atom is 0.303 e. The Kier molecular flexibility index (Phi) is 5.23. The molecule has 1 rings (SSSR count). The van der Waals surface area contributed by atoms with Gasteiger partial charge in [0.25, 0.3) is 0 Å². The molecule has 1 unspecified atom stereocenters. The van der Waals surface area contributed by atoms with Gasteiger partial charge in [-0.3, -0.25) is 4.79 Å². The molecule has 0 aliphatic carbocycles. The number of carboxylic acids is 1. The lowest BCUT2D eigenvalue weighted by molar-refractivity contribution is -0.138. The summed E-state index contributed by atoms with van der Waals surface area (Å²) in [4.78, 5) is 10.6. The second-order valence-electron chi connectivity index (χ2n) is 5.94. The van der Waals surface area contributed by atoms with Crippen molar-refractivity contribution in [1.29, 1.82) is 0 Å². The van der Waals surface area contributed by atoms with E-state index >= 15 is 0 Å². The summed E-state index contributed by atoms with van der Waals surface area (Å²) in [5.41, 5.74) is 1.35. The number of benzene rings is 1. The Balaban J connectivity index is 2.92. The zero-order chi connectivity index (χ0) is 16.4. The smallest absolute Gasteiger partial charge is 0.303 e. The summed E-state index contributed by atoms with van der Waals surface area (Å²) in [5, 5.41) is 39.1. The number of carboxylic acid groups (broad SMARTS) is 1. The molecule has 1 aromatic rings. The molecular weight excluding hydrogens is 272 g/mol.